The summed E-state index contributed by atoms with van der Waals surface area (Å²) in [4.78, 5) is 9.81. The zero-order valence-corrected chi connectivity index (χ0v) is 9.61. The van der Waals surface area contributed by atoms with Crippen molar-refractivity contribution in [3.8, 4) is 0 Å². The van der Waals surface area contributed by atoms with E-state index in [1.54, 1.807) is 0 Å². The second kappa shape index (κ2) is 3.97. The number of hydrogen-bond donors (Lipinski definition) is 2. The summed E-state index contributed by atoms with van der Waals surface area (Å²) < 4.78 is 26.0. The van der Waals surface area contributed by atoms with Crippen molar-refractivity contribution < 1.29 is 13.3 Å². The first kappa shape index (κ1) is 11.8. The van der Waals surface area contributed by atoms with Crippen molar-refractivity contribution in [3.63, 3.8) is 0 Å². The Bertz CT molecular complexity index is 566. The molecule has 0 atom stereocenters. The molecule has 0 saturated heterocycles. The summed E-state index contributed by atoms with van der Waals surface area (Å²) in [5, 5.41) is 10.6. The molecule has 1 saturated carbocycles. The molecule has 3 N–H and O–H groups in total. The summed E-state index contributed by atoms with van der Waals surface area (Å²) in [5.41, 5.74) is 4.94. The molecule has 8 heteroatoms. The zero-order valence-electron chi connectivity index (χ0n) is 8.79. The van der Waals surface area contributed by atoms with Gasteiger partial charge in [-0.05, 0) is 25.0 Å². The van der Waals surface area contributed by atoms with E-state index in [1.807, 2.05) is 0 Å². The van der Waals surface area contributed by atoms with E-state index in [0.717, 1.165) is 18.9 Å². The summed E-state index contributed by atoms with van der Waals surface area (Å²) in [6.07, 6.45) is 1.60. The third-order valence-corrected chi connectivity index (χ3v) is 3.93. The molecule has 1 aliphatic rings. The Morgan fingerprint density at radius 3 is 2.59 bits per heavy atom. The topological polar surface area (TPSA) is 115 Å². The van der Waals surface area contributed by atoms with Crippen LogP contribution >= 0.6 is 0 Å². The van der Waals surface area contributed by atoms with E-state index in [9.17, 15) is 18.5 Å². The van der Waals surface area contributed by atoms with Crippen LogP contribution in [0.15, 0.2) is 23.1 Å². The fraction of sp³-hybridized carbons (Fsp3) is 0.333. The Hall–Kier alpha value is -1.67. The van der Waals surface area contributed by atoms with Crippen LogP contribution in [0.5, 0.6) is 0 Å². The number of nitrogens with one attached hydrogen (secondary N) is 1. The van der Waals surface area contributed by atoms with Gasteiger partial charge in [-0.15, -0.1) is 0 Å². The standard InChI is InChI=1S/C9H11N3O4S/c10-8-4-3-7(5-9(8)12(13)14)17(15,16)11-6-1-2-6/h3-6,11H,1-2,10H2. The summed E-state index contributed by atoms with van der Waals surface area (Å²) >= 11 is 0. The highest BCUT2D eigenvalue weighted by molar-refractivity contribution is 7.89. The van der Waals surface area contributed by atoms with Gasteiger partial charge >= 0.3 is 0 Å². The van der Waals surface area contributed by atoms with E-state index in [0.29, 0.717) is 0 Å². The molecule has 92 valence electrons. The van der Waals surface area contributed by atoms with Crippen LogP contribution in [0.4, 0.5) is 11.4 Å². The number of nitro groups is 1. The van der Waals surface area contributed by atoms with Crippen molar-refractivity contribution in [3.05, 3.63) is 28.3 Å². The molecule has 0 unspecified atom stereocenters. The molecular weight excluding hydrogens is 246 g/mol. The van der Waals surface area contributed by atoms with Crippen LogP contribution in [-0.2, 0) is 10.0 Å². The van der Waals surface area contributed by atoms with Crippen molar-refractivity contribution in [2.24, 2.45) is 0 Å². The van der Waals surface area contributed by atoms with E-state index in [2.05, 4.69) is 4.72 Å². The molecule has 1 aliphatic carbocycles. The first-order chi connectivity index (χ1) is 7.90. The quantitative estimate of drug-likeness (QED) is 0.466. The minimum Gasteiger partial charge on any atom is -0.393 e. The second-order valence-electron chi connectivity index (χ2n) is 3.87. The number of anilines is 1. The minimum absolute atomic E-state index is 0.0448. The van der Waals surface area contributed by atoms with Crippen LogP contribution < -0.4 is 10.5 Å². The van der Waals surface area contributed by atoms with Crippen LogP contribution in [0.25, 0.3) is 0 Å². The van der Waals surface area contributed by atoms with Gasteiger partial charge in [0, 0.05) is 12.1 Å². The van der Waals surface area contributed by atoms with E-state index >= 15 is 0 Å². The molecule has 1 aromatic carbocycles. The van der Waals surface area contributed by atoms with E-state index in [4.69, 9.17) is 5.73 Å². The van der Waals surface area contributed by atoms with Gasteiger partial charge in [-0.1, -0.05) is 0 Å². The monoisotopic (exact) mass is 257 g/mol. The Morgan fingerprint density at radius 1 is 1.41 bits per heavy atom. The summed E-state index contributed by atoms with van der Waals surface area (Å²) in [6.45, 7) is 0. The smallest absolute Gasteiger partial charge is 0.293 e. The molecule has 0 bridgehead atoms. The second-order valence-corrected chi connectivity index (χ2v) is 5.59. The maximum absolute atomic E-state index is 11.8. The molecule has 0 amide bonds. The Morgan fingerprint density at radius 2 is 2.06 bits per heavy atom. The minimum atomic E-state index is -3.68. The van der Waals surface area contributed by atoms with Gasteiger partial charge in [-0.3, -0.25) is 10.1 Å². The van der Waals surface area contributed by atoms with Crippen molar-refractivity contribution in [1.29, 1.82) is 0 Å². The van der Waals surface area contributed by atoms with E-state index < -0.39 is 20.6 Å². The third-order valence-electron chi connectivity index (χ3n) is 2.41. The van der Waals surface area contributed by atoms with Gasteiger partial charge in [0.2, 0.25) is 10.0 Å². The molecule has 2 rings (SSSR count). The summed E-state index contributed by atoms with van der Waals surface area (Å²) in [5.74, 6) is 0. The van der Waals surface area contributed by atoms with E-state index in [1.165, 1.54) is 12.1 Å². The first-order valence-corrected chi connectivity index (χ1v) is 6.45. The number of nitrogens with two attached hydrogens (primary N) is 1. The highest BCUT2D eigenvalue weighted by Gasteiger charge is 2.29. The van der Waals surface area contributed by atoms with Gasteiger partial charge in [-0.25, -0.2) is 13.1 Å². The van der Waals surface area contributed by atoms with Crippen molar-refractivity contribution in [2.45, 2.75) is 23.8 Å². The van der Waals surface area contributed by atoms with Gasteiger partial charge in [-0.2, -0.15) is 0 Å². The maximum Gasteiger partial charge on any atom is 0.293 e. The maximum atomic E-state index is 11.8. The fourth-order valence-electron chi connectivity index (χ4n) is 1.34. The van der Waals surface area contributed by atoms with Crippen LogP contribution in [0.3, 0.4) is 0 Å². The molecule has 1 aromatic rings. The molecule has 0 aliphatic heterocycles. The van der Waals surface area contributed by atoms with Gasteiger partial charge in [0.15, 0.2) is 0 Å². The Kier molecular flexibility index (Phi) is 2.76. The van der Waals surface area contributed by atoms with E-state index in [-0.39, 0.29) is 16.6 Å². The first-order valence-electron chi connectivity index (χ1n) is 4.96. The number of benzene rings is 1. The summed E-state index contributed by atoms with van der Waals surface area (Å²) in [7, 11) is -3.68. The molecular formula is C9H11N3O4S. The molecule has 0 heterocycles. The number of nitro benzene ring substituents is 1. The lowest BCUT2D eigenvalue weighted by Gasteiger charge is -2.05. The molecule has 0 radical (unpaired) electrons. The zero-order chi connectivity index (χ0) is 12.6. The lowest BCUT2D eigenvalue weighted by atomic mass is 10.3. The van der Waals surface area contributed by atoms with Crippen LogP contribution in [-0.4, -0.2) is 19.4 Å². The van der Waals surface area contributed by atoms with Crippen LogP contribution in [0, 0.1) is 10.1 Å². The van der Waals surface area contributed by atoms with Gasteiger partial charge in [0.1, 0.15) is 5.69 Å². The van der Waals surface area contributed by atoms with Crippen molar-refractivity contribution in [1.82, 2.24) is 4.72 Å². The average Bonchev–Trinajstić information content (AvgIpc) is 3.00. The highest BCUT2D eigenvalue weighted by Crippen LogP contribution is 2.27. The molecule has 0 aromatic heterocycles. The van der Waals surface area contributed by atoms with Gasteiger partial charge in [0.05, 0.1) is 9.82 Å². The molecule has 0 spiro atoms. The predicted molar refractivity (Wildman–Crippen MR) is 60.9 cm³/mol. The third kappa shape index (κ3) is 2.53. The predicted octanol–water partition coefficient (Wildman–Crippen LogP) is 0.618. The molecule has 17 heavy (non-hydrogen) atoms. The Labute approximate surface area is 97.8 Å². The van der Waals surface area contributed by atoms with Gasteiger partial charge in [0.25, 0.3) is 5.69 Å². The number of sulfonamides is 1. The van der Waals surface area contributed by atoms with Crippen molar-refractivity contribution >= 4 is 21.4 Å². The number of nitrogen functional groups attached to an aromatic ring is 1. The highest BCUT2D eigenvalue weighted by atomic mass is 32.2. The number of hydrogen-bond acceptors (Lipinski definition) is 5. The SMILES string of the molecule is Nc1ccc(S(=O)(=O)NC2CC2)cc1[N+](=O)[O-]. The largest absolute Gasteiger partial charge is 0.393 e. The lowest BCUT2D eigenvalue weighted by Crippen LogP contribution is -2.25. The van der Waals surface area contributed by atoms with Gasteiger partial charge < -0.3 is 5.73 Å². The Balaban J connectivity index is 2.38. The molecule has 1 fully saturated rings. The lowest BCUT2D eigenvalue weighted by molar-refractivity contribution is -0.384. The average molecular weight is 257 g/mol. The van der Waals surface area contributed by atoms with Crippen LogP contribution in [0.2, 0.25) is 0 Å². The number of nitrogens with zero attached hydrogens (tertiary/aromatic N) is 1. The normalized spacial score (nSPS) is 15.8. The fourth-order valence-corrected chi connectivity index (χ4v) is 2.66. The summed E-state index contributed by atoms with van der Waals surface area (Å²) in [6, 6.07) is 3.41. The number of rotatable bonds is 4. The van der Waals surface area contributed by atoms with Crippen LogP contribution in [0.1, 0.15) is 12.8 Å². The molecule has 7 nitrogen and oxygen atoms in total. The van der Waals surface area contributed by atoms with Crippen molar-refractivity contribution in [2.75, 3.05) is 5.73 Å².